The van der Waals surface area contributed by atoms with Gasteiger partial charge in [-0.05, 0) is 25.7 Å². The summed E-state index contributed by atoms with van der Waals surface area (Å²) in [6.07, 6.45) is 5.82. The molecule has 112 valence electrons. The summed E-state index contributed by atoms with van der Waals surface area (Å²) in [5, 5.41) is 3.64. The first-order valence-electron chi connectivity index (χ1n) is 8.36. The van der Waals surface area contributed by atoms with Crippen LogP contribution < -0.4 is 5.32 Å². The second-order valence-corrected chi connectivity index (χ2v) is 6.80. The molecule has 2 aliphatic rings. The molecular weight excluding hydrogens is 234 g/mol. The molecule has 0 bridgehead atoms. The van der Waals surface area contributed by atoms with E-state index in [1.807, 2.05) is 0 Å². The fourth-order valence-corrected chi connectivity index (χ4v) is 3.31. The van der Waals surface area contributed by atoms with Crippen molar-refractivity contribution >= 4 is 0 Å². The van der Waals surface area contributed by atoms with Gasteiger partial charge in [-0.25, -0.2) is 0 Å². The molecule has 0 amide bonds. The zero-order valence-corrected chi connectivity index (χ0v) is 13.2. The molecule has 1 atom stereocenters. The summed E-state index contributed by atoms with van der Waals surface area (Å²) < 4.78 is 0. The third-order valence-corrected chi connectivity index (χ3v) is 5.14. The minimum Gasteiger partial charge on any atom is -0.313 e. The van der Waals surface area contributed by atoms with Crippen molar-refractivity contribution in [3.8, 4) is 0 Å². The molecule has 0 aromatic rings. The standard InChI is InChI=1S/C16H33N3/c1-14(2)15(3)17-8-9-18-10-12-19(13-11-18)16-6-4-5-7-16/h14-17H,4-13H2,1-3H3. The summed E-state index contributed by atoms with van der Waals surface area (Å²) in [6, 6.07) is 1.56. The summed E-state index contributed by atoms with van der Waals surface area (Å²) in [5.41, 5.74) is 0. The molecule has 1 saturated carbocycles. The van der Waals surface area contributed by atoms with E-state index in [2.05, 4.69) is 35.9 Å². The lowest BCUT2D eigenvalue weighted by atomic mass is 10.1. The number of hydrogen-bond acceptors (Lipinski definition) is 3. The average Bonchev–Trinajstić information content (AvgIpc) is 2.93. The fourth-order valence-electron chi connectivity index (χ4n) is 3.31. The van der Waals surface area contributed by atoms with E-state index in [-0.39, 0.29) is 0 Å². The molecule has 0 spiro atoms. The maximum absolute atomic E-state index is 3.64. The molecule has 1 unspecified atom stereocenters. The number of hydrogen-bond donors (Lipinski definition) is 1. The first kappa shape index (κ1) is 15.3. The van der Waals surface area contributed by atoms with Crippen LogP contribution in [-0.4, -0.2) is 61.2 Å². The molecule has 2 rings (SSSR count). The van der Waals surface area contributed by atoms with Gasteiger partial charge in [-0.2, -0.15) is 0 Å². The summed E-state index contributed by atoms with van der Waals surface area (Å²) in [7, 11) is 0. The van der Waals surface area contributed by atoms with Gasteiger partial charge >= 0.3 is 0 Å². The molecule has 1 aliphatic carbocycles. The zero-order chi connectivity index (χ0) is 13.7. The Morgan fingerprint density at radius 1 is 1.00 bits per heavy atom. The number of piperazine rings is 1. The summed E-state index contributed by atoms with van der Waals surface area (Å²) in [6.45, 7) is 14.4. The number of nitrogens with zero attached hydrogens (tertiary/aromatic N) is 2. The Morgan fingerprint density at radius 3 is 2.21 bits per heavy atom. The van der Waals surface area contributed by atoms with E-state index in [0.717, 1.165) is 18.5 Å². The van der Waals surface area contributed by atoms with Gasteiger partial charge < -0.3 is 5.32 Å². The van der Waals surface area contributed by atoms with E-state index in [1.165, 1.54) is 58.4 Å². The second-order valence-electron chi connectivity index (χ2n) is 6.80. The van der Waals surface area contributed by atoms with Crippen LogP contribution in [0.15, 0.2) is 0 Å². The van der Waals surface area contributed by atoms with Gasteiger partial charge in [-0.3, -0.25) is 9.80 Å². The largest absolute Gasteiger partial charge is 0.313 e. The molecule has 3 nitrogen and oxygen atoms in total. The van der Waals surface area contributed by atoms with Crippen LogP contribution in [0.2, 0.25) is 0 Å². The first-order chi connectivity index (χ1) is 9.16. The third kappa shape index (κ3) is 4.73. The quantitative estimate of drug-likeness (QED) is 0.796. The average molecular weight is 267 g/mol. The van der Waals surface area contributed by atoms with Gasteiger partial charge in [0.25, 0.3) is 0 Å². The topological polar surface area (TPSA) is 18.5 Å². The van der Waals surface area contributed by atoms with Crippen LogP contribution >= 0.6 is 0 Å². The lowest BCUT2D eigenvalue weighted by Crippen LogP contribution is -2.51. The lowest BCUT2D eigenvalue weighted by Gasteiger charge is -2.38. The van der Waals surface area contributed by atoms with Crippen LogP contribution in [0, 0.1) is 5.92 Å². The Labute approximate surface area is 119 Å². The maximum atomic E-state index is 3.64. The zero-order valence-electron chi connectivity index (χ0n) is 13.2. The predicted octanol–water partition coefficient (Wildman–Crippen LogP) is 2.18. The van der Waals surface area contributed by atoms with E-state index in [1.54, 1.807) is 0 Å². The Kier molecular flexibility index (Phi) is 6.11. The van der Waals surface area contributed by atoms with Crippen molar-refractivity contribution in [1.82, 2.24) is 15.1 Å². The normalized spacial score (nSPS) is 25.3. The van der Waals surface area contributed by atoms with Crippen molar-refractivity contribution in [3.05, 3.63) is 0 Å². The van der Waals surface area contributed by atoms with Crippen LogP contribution in [0.25, 0.3) is 0 Å². The third-order valence-electron chi connectivity index (χ3n) is 5.14. The van der Waals surface area contributed by atoms with E-state index >= 15 is 0 Å². The predicted molar refractivity (Wildman–Crippen MR) is 82.6 cm³/mol. The first-order valence-corrected chi connectivity index (χ1v) is 8.36. The number of nitrogens with one attached hydrogen (secondary N) is 1. The van der Waals surface area contributed by atoms with Crippen molar-refractivity contribution in [2.75, 3.05) is 39.3 Å². The molecule has 1 N–H and O–H groups in total. The van der Waals surface area contributed by atoms with Gasteiger partial charge in [-0.15, -0.1) is 0 Å². The second kappa shape index (κ2) is 7.61. The highest BCUT2D eigenvalue weighted by molar-refractivity contribution is 4.82. The SMILES string of the molecule is CC(C)C(C)NCCN1CCN(C2CCCC2)CC1. The molecule has 0 aromatic heterocycles. The smallest absolute Gasteiger partial charge is 0.0113 e. The molecule has 0 aromatic carbocycles. The van der Waals surface area contributed by atoms with Crippen molar-refractivity contribution in [2.24, 2.45) is 5.92 Å². The van der Waals surface area contributed by atoms with Crippen molar-refractivity contribution < 1.29 is 0 Å². The van der Waals surface area contributed by atoms with Gasteiger partial charge in [0.2, 0.25) is 0 Å². The van der Waals surface area contributed by atoms with Crippen LogP contribution in [-0.2, 0) is 0 Å². The van der Waals surface area contributed by atoms with E-state index in [9.17, 15) is 0 Å². The highest BCUT2D eigenvalue weighted by Gasteiger charge is 2.25. The monoisotopic (exact) mass is 267 g/mol. The van der Waals surface area contributed by atoms with Gasteiger partial charge in [-0.1, -0.05) is 26.7 Å². The van der Waals surface area contributed by atoms with Crippen LogP contribution in [0.1, 0.15) is 46.5 Å². The van der Waals surface area contributed by atoms with E-state index in [4.69, 9.17) is 0 Å². The van der Waals surface area contributed by atoms with Gasteiger partial charge in [0, 0.05) is 51.4 Å². The van der Waals surface area contributed by atoms with Crippen LogP contribution in [0.4, 0.5) is 0 Å². The Bertz CT molecular complexity index is 238. The van der Waals surface area contributed by atoms with Crippen molar-refractivity contribution in [2.45, 2.75) is 58.5 Å². The summed E-state index contributed by atoms with van der Waals surface area (Å²) in [4.78, 5) is 5.37. The Morgan fingerprint density at radius 2 is 1.63 bits per heavy atom. The minimum atomic E-state index is 0.639. The fraction of sp³-hybridized carbons (Fsp3) is 1.00. The molecule has 3 heteroatoms. The molecule has 19 heavy (non-hydrogen) atoms. The van der Waals surface area contributed by atoms with E-state index < -0.39 is 0 Å². The van der Waals surface area contributed by atoms with Crippen molar-refractivity contribution in [1.29, 1.82) is 0 Å². The van der Waals surface area contributed by atoms with Gasteiger partial charge in [0.05, 0.1) is 0 Å². The Hall–Kier alpha value is -0.120. The van der Waals surface area contributed by atoms with Crippen LogP contribution in [0.5, 0.6) is 0 Å². The molecule has 1 saturated heterocycles. The maximum Gasteiger partial charge on any atom is 0.0113 e. The Balaban J connectivity index is 1.58. The molecule has 1 aliphatic heterocycles. The minimum absolute atomic E-state index is 0.639. The summed E-state index contributed by atoms with van der Waals surface area (Å²) in [5.74, 6) is 0.735. The molecule has 2 fully saturated rings. The van der Waals surface area contributed by atoms with Gasteiger partial charge in [0.1, 0.15) is 0 Å². The molecule has 1 heterocycles. The summed E-state index contributed by atoms with van der Waals surface area (Å²) >= 11 is 0. The molecule has 0 radical (unpaired) electrons. The van der Waals surface area contributed by atoms with E-state index in [0.29, 0.717) is 6.04 Å². The molecular formula is C16H33N3. The number of rotatable bonds is 6. The highest BCUT2D eigenvalue weighted by atomic mass is 15.3. The van der Waals surface area contributed by atoms with Crippen LogP contribution in [0.3, 0.4) is 0 Å². The van der Waals surface area contributed by atoms with Gasteiger partial charge in [0.15, 0.2) is 0 Å². The van der Waals surface area contributed by atoms with Crippen molar-refractivity contribution in [3.63, 3.8) is 0 Å². The highest BCUT2D eigenvalue weighted by Crippen LogP contribution is 2.24. The lowest BCUT2D eigenvalue weighted by molar-refractivity contribution is 0.0977.